The number of hydrogen-bond acceptors (Lipinski definition) is 4. The zero-order valence-corrected chi connectivity index (χ0v) is 13.7. The molecule has 0 aliphatic carbocycles. The lowest BCUT2D eigenvalue weighted by Gasteiger charge is -2.13. The van der Waals surface area contributed by atoms with Gasteiger partial charge in [-0.2, -0.15) is 5.10 Å². The van der Waals surface area contributed by atoms with E-state index in [1.165, 1.54) is 0 Å². The van der Waals surface area contributed by atoms with Gasteiger partial charge in [0.2, 0.25) is 0 Å². The lowest BCUT2D eigenvalue weighted by atomic mass is 10.1. The Balaban J connectivity index is 1.90. The number of rotatable bonds is 4. The predicted octanol–water partition coefficient (Wildman–Crippen LogP) is 3.40. The second-order valence-corrected chi connectivity index (χ2v) is 5.93. The van der Waals surface area contributed by atoms with Crippen molar-refractivity contribution in [3.63, 3.8) is 0 Å². The Kier molecular flexibility index (Phi) is 3.90. The maximum absolute atomic E-state index is 12.5. The van der Waals surface area contributed by atoms with Crippen LogP contribution in [0.25, 0.3) is 11.0 Å². The van der Waals surface area contributed by atoms with E-state index in [9.17, 15) is 4.79 Å². The lowest BCUT2D eigenvalue weighted by Crippen LogP contribution is -2.27. The predicted molar refractivity (Wildman–Crippen MR) is 87.2 cm³/mol. The highest BCUT2D eigenvalue weighted by Crippen LogP contribution is 2.20. The molecular formula is C17H20N4O2. The molecule has 0 aliphatic rings. The number of aromatic nitrogens is 3. The second-order valence-electron chi connectivity index (χ2n) is 5.93. The van der Waals surface area contributed by atoms with Crippen LogP contribution in [0.2, 0.25) is 0 Å². The Bertz CT molecular complexity index is 834. The topological polar surface area (TPSA) is 73.0 Å². The number of nitrogens with zero attached hydrogens (tertiary/aromatic N) is 3. The van der Waals surface area contributed by atoms with E-state index in [0.717, 1.165) is 16.8 Å². The highest BCUT2D eigenvalue weighted by Gasteiger charge is 2.18. The van der Waals surface area contributed by atoms with Crippen molar-refractivity contribution in [2.24, 2.45) is 0 Å². The number of nitrogens with one attached hydrogen (secondary N) is 1. The van der Waals surface area contributed by atoms with Gasteiger partial charge in [-0.1, -0.05) is 0 Å². The van der Waals surface area contributed by atoms with E-state index in [1.807, 2.05) is 30.7 Å². The standard InChI is InChI=1S/C17H20N4O2/c1-10(2)21-16-13(9-18-21)8-14(11(3)19-16)17(22)20-12(4)15-6-5-7-23-15/h5-10,12H,1-4H3,(H,20,22). The van der Waals surface area contributed by atoms with Crippen LogP contribution in [0.5, 0.6) is 0 Å². The van der Waals surface area contributed by atoms with Crippen LogP contribution in [-0.4, -0.2) is 20.7 Å². The molecule has 6 heteroatoms. The third kappa shape index (κ3) is 2.84. The molecule has 3 aromatic heterocycles. The van der Waals surface area contributed by atoms with Crippen molar-refractivity contribution in [1.29, 1.82) is 0 Å². The van der Waals surface area contributed by atoms with Crippen molar-refractivity contribution in [2.75, 3.05) is 0 Å². The minimum absolute atomic E-state index is 0.168. The van der Waals surface area contributed by atoms with E-state index in [0.29, 0.717) is 11.3 Å². The molecule has 3 aromatic rings. The van der Waals surface area contributed by atoms with Crippen LogP contribution in [0.1, 0.15) is 54.7 Å². The Labute approximate surface area is 134 Å². The fraction of sp³-hybridized carbons (Fsp3) is 0.353. The summed E-state index contributed by atoms with van der Waals surface area (Å²) < 4.78 is 7.18. The zero-order valence-electron chi connectivity index (χ0n) is 13.7. The molecule has 0 saturated heterocycles. The van der Waals surface area contributed by atoms with Gasteiger partial charge in [0.25, 0.3) is 5.91 Å². The molecule has 3 heterocycles. The molecule has 1 atom stereocenters. The normalized spacial score (nSPS) is 12.7. The summed E-state index contributed by atoms with van der Waals surface area (Å²) in [5, 5.41) is 8.14. The number of hydrogen-bond donors (Lipinski definition) is 1. The molecule has 1 unspecified atom stereocenters. The molecule has 0 radical (unpaired) electrons. The Morgan fingerprint density at radius 1 is 1.35 bits per heavy atom. The smallest absolute Gasteiger partial charge is 0.253 e. The van der Waals surface area contributed by atoms with Gasteiger partial charge < -0.3 is 9.73 Å². The van der Waals surface area contributed by atoms with Crippen molar-refractivity contribution < 1.29 is 9.21 Å². The molecule has 1 N–H and O–H groups in total. The monoisotopic (exact) mass is 312 g/mol. The van der Waals surface area contributed by atoms with Gasteiger partial charge >= 0.3 is 0 Å². The number of pyridine rings is 1. The first-order valence-electron chi connectivity index (χ1n) is 7.66. The quantitative estimate of drug-likeness (QED) is 0.801. The molecule has 0 aromatic carbocycles. The van der Waals surface area contributed by atoms with Crippen LogP contribution in [0, 0.1) is 6.92 Å². The minimum atomic E-state index is -0.203. The number of aryl methyl sites for hydroxylation is 1. The number of fused-ring (bicyclic) bond motifs is 1. The number of amides is 1. The average Bonchev–Trinajstić information content (AvgIpc) is 3.15. The van der Waals surface area contributed by atoms with Gasteiger partial charge in [0.05, 0.1) is 29.8 Å². The van der Waals surface area contributed by atoms with Crippen molar-refractivity contribution in [3.05, 3.63) is 47.7 Å². The summed E-state index contributed by atoms with van der Waals surface area (Å²) in [5.74, 6) is 0.552. The molecule has 120 valence electrons. The summed E-state index contributed by atoms with van der Waals surface area (Å²) in [7, 11) is 0. The van der Waals surface area contributed by atoms with Gasteiger partial charge in [-0.05, 0) is 45.9 Å². The van der Waals surface area contributed by atoms with E-state index in [1.54, 1.807) is 18.5 Å². The molecule has 23 heavy (non-hydrogen) atoms. The van der Waals surface area contributed by atoms with Gasteiger partial charge in [0.15, 0.2) is 5.65 Å². The van der Waals surface area contributed by atoms with Crippen LogP contribution < -0.4 is 5.32 Å². The Morgan fingerprint density at radius 3 is 2.78 bits per heavy atom. The van der Waals surface area contributed by atoms with Crippen molar-refractivity contribution >= 4 is 16.9 Å². The third-order valence-corrected chi connectivity index (χ3v) is 3.81. The van der Waals surface area contributed by atoms with Crippen molar-refractivity contribution in [3.8, 4) is 0 Å². The van der Waals surface area contributed by atoms with Gasteiger partial charge in [-0.15, -0.1) is 0 Å². The molecule has 1 amide bonds. The fourth-order valence-corrected chi connectivity index (χ4v) is 2.56. The molecule has 0 fully saturated rings. The van der Waals surface area contributed by atoms with E-state index in [4.69, 9.17) is 4.42 Å². The molecule has 0 saturated carbocycles. The largest absolute Gasteiger partial charge is 0.467 e. The van der Waals surface area contributed by atoms with Gasteiger partial charge in [0, 0.05) is 11.4 Å². The highest BCUT2D eigenvalue weighted by atomic mass is 16.3. The summed E-state index contributed by atoms with van der Waals surface area (Å²) in [6.07, 6.45) is 3.34. The van der Waals surface area contributed by atoms with Crippen molar-refractivity contribution in [2.45, 2.75) is 39.8 Å². The van der Waals surface area contributed by atoms with Gasteiger partial charge in [0.1, 0.15) is 5.76 Å². The summed E-state index contributed by atoms with van der Waals surface area (Å²) in [6.45, 7) is 7.82. The first kappa shape index (κ1) is 15.3. The maximum Gasteiger partial charge on any atom is 0.253 e. The fourth-order valence-electron chi connectivity index (χ4n) is 2.56. The van der Waals surface area contributed by atoms with Crippen molar-refractivity contribution in [1.82, 2.24) is 20.1 Å². The molecule has 0 bridgehead atoms. The lowest BCUT2D eigenvalue weighted by molar-refractivity contribution is 0.0934. The van der Waals surface area contributed by atoms with E-state index in [-0.39, 0.29) is 18.0 Å². The first-order valence-corrected chi connectivity index (χ1v) is 7.66. The van der Waals surface area contributed by atoms with Gasteiger partial charge in [-0.25, -0.2) is 9.67 Å². The van der Waals surface area contributed by atoms with Crippen LogP contribution in [0.4, 0.5) is 0 Å². The van der Waals surface area contributed by atoms with Crippen LogP contribution >= 0.6 is 0 Å². The van der Waals surface area contributed by atoms with Crippen LogP contribution in [0.3, 0.4) is 0 Å². The van der Waals surface area contributed by atoms with E-state index >= 15 is 0 Å². The van der Waals surface area contributed by atoms with E-state index in [2.05, 4.69) is 29.2 Å². The molecule has 3 rings (SSSR count). The average molecular weight is 312 g/mol. The highest BCUT2D eigenvalue weighted by molar-refractivity contribution is 5.98. The molecule has 0 aliphatic heterocycles. The summed E-state index contributed by atoms with van der Waals surface area (Å²) in [4.78, 5) is 17.1. The second kappa shape index (κ2) is 5.87. The zero-order chi connectivity index (χ0) is 16.6. The van der Waals surface area contributed by atoms with Gasteiger partial charge in [-0.3, -0.25) is 4.79 Å². The summed E-state index contributed by atoms with van der Waals surface area (Å²) in [5.41, 5.74) is 2.04. The number of furan rings is 1. The number of carbonyl (C=O) groups excluding carboxylic acids is 1. The SMILES string of the molecule is Cc1nc2c(cnn2C(C)C)cc1C(=O)NC(C)c1ccco1. The summed E-state index contributed by atoms with van der Waals surface area (Å²) in [6, 6.07) is 5.50. The molecule has 0 spiro atoms. The minimum Gasteiger partial charge on any atom is -0.467 e. The summed E-state index contributed by atoms with van der Waals surface area (Å²) >= 11 is 0. The Morgan fingerprint density at radius 2 is 2.13 bits per heavy atom. The Hall–Kier alpha value is -2.63. The maximum atomic E-state index is 12.5. The third-order valence-electron chi connectivity index (χ3n) is 3.81. The van der Waals surface area contributed by atoms with E-state index < -0.39 is 0 Å². The number of carbonyl (C=O) groups is 1. The first-order chi connectivity index (χ1) is 11.0. The molecular weight excluding hydrogens is 292 g/mol. The van der Waals surface area contributed by atoms with Crippen LogP contribution in [-0.2, 0) is 0 Å². The van der Waals surface area contributed by atoms with Crippen LogP contribution in [0.15, 0.2) is 35.1 Å². The molecule has 6 nitrogen and oxygen atoms in total.